The molecule has 0 atom stereocenters. The topological polar surface area (TPSA) is 66.0 Å². The van der Waals surface area contributed by atoms with Crippen molar-refractivity contribution in [2.24, 2.45) is 12.8 Å². The third kappa shape index (κ3) is 2.19. The molecule has 2 rings (SSSR count). The van der Waals surface area contributed by atoms with Gasteiger partial charge < -0.3 is 10.5 Å². The maximum atomic E-state index is 5.84. The van der Waals surface area contributed by atoms with Gasteiger partial charge in [-0.15, -0.1) is 0 Å². The van der Waals surface area contributed by atoms with Gasteiger partial charge in [0, 0.05) is 13.2 Å². The van der Waals surface area contributed by atoms with Crippen LogP contribution in [0.5, 0.6) is 11.5 Å². The number of thiocarbonyl (C=S) groups is 1. The maximum Gasteiger partial charge on any atom is 0.171 e. The Kier molecular flexibility index (Phi) is 3.29. The number of aryl methyl sites for hydroxylation is 2. The van der Waals surface area contributed by atoms with Gasteiger partial charge in [-0.25, -0.2) is 4.98 Å². The average molecular weight is 262 g/mol. The van der Waals surface area contributed by atoms with E-state index in [1.54, 1.807) is 23.0 Å². The van der Waals surface area contributed by atoms with E-state index in [-0.39, 0.29) is 4.99 Å². The van der Waals surface area contributed by atoms with Gasteiger partial charge in [0.25, 0.3) is 0 Å². The predicted octanol–water partition coefficient (Wildman–Crippen LogP) is 1.86. The number of nitrogens with two attached hydrogens (primary N) is 1. The summed E-state index contributed by atoms with van der Waals surface area (Å²) in [7, 11) is 1.87. The van der Waals surface area contributed by atoms with Crippen molar-refractivity contribution >= 4 is 17.2 Å². The number of aromatic nitrogens is 3. The molecule has 0 spiro atoms. The Morgan fingerprint density at radius 2 is 2.17 bits per heavy atom. The van der Waals surface area contributed by atoms with E-state index >= 15 is 0 Å². The fraction of sp³-hybridized carbons (Fsp3) is 0.250. The molecule has 2 aromatic heterocycles. The largest absolute Gasteiger partial charge is 0.451 e. The molecule has 0 fully saturated rings. The van der Waals surface area contributed by atoms with E-state index in [1.165, 1.54) is 0 Å². The Balaban J connectivity index is 2.43. The lowest BCUT2D eigenvalue weighted by atomic mass is 10.3. The fourth-order valence-electron chi connectivity index (χ4n) is 1.67. The Morgan fingerprint density at radius 3 is 2.72 bits per heavy atom. The van der Waals surface area contributed by atoms with Crippen LogP contribution in [0.1, 0.15) is 17.1 Å². The first-order valence-corrected chi connectivity index (χ1v) is 5.84. The van der Waals surface area contributed by atoms with Gasteiger partial charge in [0.15, 0.2) is 11.5 Å². The summed E-state index contributed by atoms with van der Waals surface area (Å²) in [6.45, 7) is 3.82. The maximum absolute atomic E-state index is 5.84. The zero-order valence-electron chi connectivity index (χ0n) is 10.5. The second-order valence-corrected chi connectivity index (χ2v) is 4.38. The second kappa shape index (κ2) is 4.73. The number of rotatable bonds is 3. The average Bonchev–Trinajstić information content (AvgIpc) is 2.56. The molecule has 0 saturated heterocycles. The summed E-state index contributed by atoms with van der Waals surface area (Å²) < 4.78 is 7.61. The molecular formula is C12H14N4OS. The summed E-state index contributed by atoms with van der Waals surface area (Å²) in [5.41, 5.74) is 7.85. The smallest absolute Gasteiger partial charge is 0.171 e. The summed E-state index contributed by atoms with van der Waals surface area (Å²) >= 11 is 4.95. The summed E-state index contributed by atoms with van der Waals surface area (Å²) in [5.74, 6) is 1.26. The van der Waals surface area contributed by atoms with Crippen molar-refractivity contribution in [3.63, 3.8) is 0 Å². The monoisotopic (exact) mass is 262 g/mol. The van der Waals surface area contributed by atoms with Crippen LogP contribution in [0.25, 0.3) is 0 Å². The zero-order chi connectivity index (χ0) is 13.3. The summed E-state index contributed by atoms with van der Waals surface area (Å²) in [6, 6.07) is 3.56. The highest BCUT2D eigenvalue weighted by molar-refractivity contribution is 7.80. The number of hydrogen-bond donors (Lipinski definition) is 1. The predicted molar refractivity (Wildman–Crippen MR) is 72.9 cm³/mol. The minimum atomic E-state index is 0.213. The van der Waals surface area contributed by atoms with Gasteiger partial charge in [-0.05, 0) is 26.0 Å². The molecule has 2 N–H and O–H groups in total. The highest BCUT2D eigenvalue weighted by Crippen LogP contribution is 2.29. The number of ether oxygens (including phenoxy) is 1. The minimum absolute atomic E-state index is 0.213. The Labute approximate surface area is 111 Å². The molecule has 0 aliphatic carbocycles. The molecule has 0 aromatic carbocycles. The molecule has 0 saturated carbocycles. The highest BCUT2D eigenvalue weighted by Gasteiger charge is 2.15. The molecule has 5 nitrogen and oxygen atoms in total. The Morgan fingerprint density at radius 1 is 1.44 bits per heavy atom. The molecular weight excluding hydrogens is 248 g/mol. The molecule has 0 aliphatic heterocycles. The van der Waals surface area contributed by atoms with Crippen molar-refractivity contribution in [1.29, 1.82) is 0 Å². The van der Waals surface area contributed by atoms with Crippen molar-refractivity contribution in [2.45, 2.75) is 13.8 Å². The number of hydrogen-bond acceptors (Lipinski definition) is 4. The normalized spacial score (nSPS) is 10.4. The summed E-state index contributed by atoms with van der Waals surface area (Å²) in [6.07, 6.45) is 1.63. The van der Waals surface area contributed by atoms with E-state index in [0.717, 1.165) is 11.4 Å². The number of nitrogens with zero attached hydrogens (tertiary/aromatic N) is 3. The van der Waals surface area contributed by atoms with Gasteiger partial charge in [0.05, 0.1) is 5.69 Å². The first-order chi connectivity index (χ1) is 8.50. The lowest BCUT2D eigenvalue weighted by Crippen LogP contribution is -2.12. The van der Waals surface area contributed by atoms with Crippen LogP contribution in [0.15, 0.2) is 18.3 Å². The molecule has 18 heavy (non-hydrogen) atoms. The summed E-state index contributed by atoms with van der Waals surface area (Å²) in [5, 5.41) is 4.29. The molecule has 0 amide bonds. The highest BCUT2D eigenvalue weighted by atomic mass is 32.1. The lowest BCUT2D eigenvalue weighted by molar-refractivity contribution is 0.471. The first kappa shape index (κ1) is 12.5. The quantitative estimate of drug-likeness (QED) is 0.855. The SMILES string of the molecule is Cc1nn(C)c(C)c1Oc1cccnc1C(N)=S. The lowest BCUT2D eigenvalue weighted by Gasteiger charge is -2.09. The van der Waals surface area contributed by atoms with E-state index in [0.29, 0.717) is 17.2 Å². The van der Waals surface area contributed by atoms with Crippen LogP contribution >= 0.6 is 12.2 Å². The molecule has 2 aromatic rings. The van der Waals surface area contributed by atoms with Crippen LogP contribution in [0.3, 0.4) is 0 Å². The van der Waals surface area contributed by atoms with Crippen molar-refractivity contribution in [3.05, 3.63) is 35.4 Å². The molecule has 0 radical (unpaired) electrons. The molecule has 6 heteroatoms. The molecule has 0 unspecified atom stereocenters. The van der Waals surface area contributed by atoms with Crippen LogP contribution in [-0.2, 0) is 7.05 Å². The first-order valence-electron chi connectivity index (χ1n) is 5.43. The van der Waals surface area contributed by atoms with Gasteiger partial charge in [0.1, 0.15) is 16.4 Å². The zero-order valence-corrected chi connectivity index (χ0v) is 11.3. The van der Waals surface area contributed by atoms with Crippen molar-refractivity contribution in [3.8, 4) is 11.5 Å². The van der Waals surface area contributed by atoms with E-state index in [1.807, 2.05) is 20.9 Å². The second-order valence-electron chi connectivity index (χ2n) is 3.94. The van der Waals surface area contributed by atoms with E-state index in [2.05, 4.69) is 10.1 Å². The Hall–Kier alpha value is -1.95. The van der Waals surface area contributed by atoms with Gasteiger partial charge in [0.2, 0.25) is 0 Å². The summed E-state index contributed by atoms with van der Waals surface area (Å²) in [4.78, 5) is 4.33. The van der Waals surface area contributed by atoms with Crippen molar-refractivity contribution in [1.82, 2.24) is 14.8 Å². The third-order valence-electron chi connectivity index (χ3n) is 2.66. The number of pyridine rings is 1. The fourth-order valence-corrected chi connectivity index (χ4v) is 1.82. The van der Waals surface area contributed by atoms with Gasteiger partial charge >= 0.3 is 0 Å². The van der Waals surface area contributed by atoms with Gasteiger partial charge in [-0.2, -0.15) is 5.10 Å². The minimum Gasteiger partial charge on any atom is -0.451 e. The molecule has 0 bridgehead atoms. The van der Waals surface area contributed by atoms with Gasteiger partial charge in [-0.1, -0.05) is 12.2 Å². The molecule has 94 valence electrons. The van der Waals surface area contributed by atoms with Crippen LogP contribution in [0.4, 0.5) is 0 Å². The standard InChI is InChI=1S/C12H14N4OS/c1-7-11(8(2)16(3)15-7)17-9-5-4-6-14-10(9)12(13)18/h4-6H,1-3H3,(H2,13,18). The molecule has 2 heterocycles. The van der Waals surface area contributed by atoms with E-state index in [4.69, 9.17) is 22.7 Å². The third-order valence-corrected chi connectivity index (χ3v) is 2.85. The van der Waals surface area contributed by atoms with Crippen LogP contribution in [-0.4, -0.2) is 19.8 Å². The van der Waals surface area contributed by atoms with Crippen molar-refractivity contribution < 1.29 is 4.74 Å². The van der Waals surface area contributed by atoms with E-state index in [9.17, 15) is 0 Å². The van der Waals surface area contributed by atoms with Crippen LogP contribution in [0.2, 0.25) is 0 Å². The Bertz CT molecular complexity index is 606. The van der Waals surface area contributed by atoms with Crippen molar-refractivity contribution in [2.75, 3.05) is 0 Å². The van der Waals surface area contributed by atoms with Crippen LogP contribution in [0, 0.1) is 13.8 Å². The molecule has 0 aliphatic rings. The van der Waals surface area contributed by atoms with Gasteiger partial charge in [-0.3, -0.25) is 4.68 Å². The van der Waals surface area contributed by atoms with Crippen LogP contribution < -0.4 is 10.5 Å². The van der Waals surface area contributed by atoms with E-state index < -0.39 is 0 Å².